The molecule has 1 heterocycles. The zero-order chi connectivity index (χ0) is 17.0. The second-order valence-corrected chi connectivity index (χ2v) is 6.01. The number of nitrogens with one attached hydrogen (secondary N) is 2. The molecule has 0 bridgehead atoms. The first-order valence-corrected chi connectivity index (χ1v) is 7.60. The topological polar surface area (TPSA) is 41.1 Å². The minimum atomic E-state index is -4.42. The van der Waals surface area contributed by atoms with E-state index in [1.54, 1.807) is 0 Å². The number of amides is 1. The number of hydrogen-bond donors (Lipinski definition) is 2. The number of halogens is 4. The molecule has 0 radical (unpaired) electrons. The molecule has 1 saturated heterocycles. The van der Waals surface area contributed by atoms with Crippen molar-refractivity contribution >= 4 is 5.91 Å². The minimum Gasteiger partial charge on any atom is -0.349 e. The second-order valence-electron chi connectivity index (χ2n) is 6.01. The summed E-state index contributed by atoms with van der Waals surface area (Å²) < 4.78 is 51.3. The third kappa shape index (κ3) is 5.49. The van der Waals surface area contributed by atoms with E-state index in [0.717, 1.165) is 12.1 Å². The number of piperidine rings is 1. The molecule has 0 aromatic heterocycles. The Kier molecular flexibility index (Phi) is 5.62. The van der Waals surface area contributed by atoms with E-state index in [1.165, 1.54) is 12.1 Å². The highest BCUT2D eigenvalue weighted by Gasteiger charge is 2.35. The Morgan fingerprint density at radius 2 is 2.00 bits per heavy atom. The summed E-state index contributed by atoms with van der Waals surface area (Å²) >= 11 is 0. The molecule has 1 fully saturated rings. The van der Waals surface area contributed by atoms with E-state index in [1.807, 2.05) is 6.92 Å². The SMILES string of the molecule is C[C@H]1C[C@@H](C(=O)NC(CC(F)(F)F)c2ccc(F)cc2)CCN1. The molecule has 1 aliphatic rings. The quantitative estimate of drug-likeness (QED) is 0.831. The summed E-state index contributed by atoms with van der Waals surface area (Å²) in [5, 5.41) is 5.69. The molecule has 1 aromatic rings. The number of carbonyl (C=O) groups is 1. The van der Waals surface area contributed by atoms with Gasteiger partial charge in [0.1, 0.15) is 5.82 Å². The van der Waals surface area contributed by atoms with Gasteiger partial charge in [0.15, 0.2) is 0 Å². The molecule has 7 heteroatoms. The first-order valence-electron chi connectivity index (χ1n) is 7.60. The van der Waals surface area contributed by atoms with Crippen LogP contribution in [0.5, 0.6) is 0 Å². The highest BCUT2D eigenvalue weighted by molar-refractivity contribution is 5.79. The number of hydrogen-bond acceptors (Lipinski definition) is 2. The van der Waals surface area contributed by atoms with Crippen LogP contribution in [0.3, 0.4) is 0 Å². The maximum Gasteiger partial charge on any atom is 0.391 e. The monoisotopic (exact) mass is 332 g/mol. The van der Waals surface area contributed by atoms with Gasteiger partial charge in [0.2, 0.25) is 5.91 Å². The predicted molar refractivity (Wildman–Crippen MR) is 78.1 cm³/mol. The van der Waals surface area contributed by atoms with Crippen LogP contribution in [0.2, 0.25) is 0 Å². The normalized spacial score (nSPS) is 23.3. The molecule has 3 atom stereocenters. The van der Waals surface area contributed by atoms with Crippen LogP contribution in [-0.2, 0) is 4.79 Å². The maximum atomic E-state index is 13.0. The smallest absolute Gasteiger partial charge is 0.349 e. The van der Waals surface area contributed by atoms with Gasteiger partial charge in [-0.1, -0.05) is 12.1 Å². The zero-order valence-electron chi connectivity index (χ0n) is 12.8. The van der Waals surface area contributed by atoms with Gasteiger partial charge in [0, 0.05) is 12.0 Å². The Labute approximate surface area is 132 Å². The molecule has 1 aromatic carbocycles. The van der Waals surface area contributed by atoms with Gasteiger partial charge in [-0.25, -0.2) is 4.39 Å². The largest absolute Gasteiger partial charge is 0.391 e. The van der Waals surface area contributed by atoms with E-state index in [2.05, 4.69) is 10.6 Å². The third-order valence-corrected chi connectivity index (χ3v) is 4.02. The van der Waals surface area contributed by atoms with Crippen LogP contribution in [0, 0.1) is 11.7 Å². The third-order valence-electron chi connectivity index (χ3n) is 4.02. The summed E-state index contributed by atoms with van der Waals surface area (Å²) in [5.41, 5.74) is 0.249. The minimum absolute atomic E-state index is 0.159. The van der Waals surface area contributed by atoms with E-state index >= 15 is 0 Å². The van der Waals surface area contributed by atoms with E-state index in [0.29, 0.717) is 19.4 Å². The Morgan fingerprint density at radius 3 is 2.57 bits per heavy atom. The Morgan fingerprint density at radius 1 is 1.35 bits per heavy atom. The zero-order valence-corrected chi connectivity index (χ0v) is 12.8. The summed E-state index contributed by atoms with van der Waals surface area (Å²) in [5.74, 6) is -1.21. The molecule has 1 unspecified atom stereocenters. The molecule has 0 spiro atoms. The molecule has 2 rings (SSSR count). The number of alkyl halides is 3. The molecule has 1 amide bonds. The molecule has 128 valence electrons. The summed E-state index contributed by atoms with van der Waals surface area (Å²) in [7, 11) is 0. The Hall–Kier alpha value is -1.63. The summed E-state index contributed by atoms with van der Waals surface area (Å²) in [6, 6.07) is 3.70. The second kappa shape index (κ2) is 7.29. The van der Waals surface area contributed by atoms with Crippen molar-refractivity contribution in [2.45, 2.75) is 44.4 Å². The number of rotatable bonds is 4. The highest BCUT2D eigenvalue weighted by Crippen LogP contribution is 2.30. The number of benzene rings is 1. The lowest BCUT2D eigenvalue weighted by Crippen LogP contribution is -2.43. The van der Waals surface area contributed by atoms with E-state index in [4.69, 9.17) is 0 Å². The molecular weight excluding hydrogens is 312 g/mol. The van der Waals surface area contributed by atoms with Crippen molar-refractivity contribution in [1.29, 1.82) is 0 Å². The Bertz CT molecular complexity index is 530. The van der Waals surface area contributed by atoms with Gasteiger partial charge in [0.25, 0.3) is 0 Å². The van der Waals surface area contributed by atoms with Crippen molar-refractivity contribution in [3.05, 3.63) is 35.6 Å². The van der Waals surface area contributed by atoms with Gasteiger partial charge in [-0.2, -0.15) is 13.2 Å². The fraction of sp³-hybridized carbons (Fsp3) is 0.562. The molecule has 1 aliphatic heterocycles. The average Bonchev–Trinajstić information content (AvgIpc) is 2.46. The van der Waals surface area contributed by atoms with Crippen molar-refractivity contribution in [1.82, 2.24) is 10.6 Å². The van der Waals surface area contributed by atoms with Crippen LogP contribution in [0.4, 0.5) is 17.6 Å². The van der Waals surface area contributed by atoms with Crippen molar-refractivity contribution < 1.29 is 22.4 Å². The molecule has 0 aliphatic carbocycles. The van der Waals surface area contributed by atoms with Crippen molar-refractivity contribution in [2.24, 2.45) is 5.92 Å². The predicted octanol–water partition coefficient (Wildman–Crippen LogP) is 3.32. The van der Waals surface area contributed by atoms with Crippen molar-refractivity contribution in [2.75, 3.05) is 6.54 Å². The average molecular weight is 332 g/mol. The van der Waals surface area contributed by atoms with Crippen LogP contribution < -0.4 is 10.6 Å². The molecule has 23 heavy (non-hydrogen) atoms. The summed E-state index contributed by atoms with van der Waals surface area (Å²) in [6.07, 6.45) is -4.41. The van der Waals surface area contributed by atoms with Crippen LogP contribution in [0.25, 0.3) is 0 Å². The first kappa shape index (κ1) is 17.7. The van der Waals surface area contributed by atoms with Crippen LogP contribution >= 0.6 is 0 Å². The number of carbonyl (C=O) groups excluding carboxylic acids is 1. The molecule has 2 N–H and O–H groups in total. The lowest BCUT2D eigenvalue weighted by Gasteiger charge is -2.29. The summed E-state index contributed by atoms with van der Waals surface area (Å²) in [4.78, 5) is 12.3. The van der Waals surface area contributed by atoms with Gasteiger partial charge in [-0.3, -0.25) is 4.79 Å². The highest BCUT2D eigenvalue weighted by atomic mass is 19.4. The fourth-order valence-corrected chi connectivity index (χ4v) is 2.84. The van der Waals surface area contributed by atoms with Gasteiger partial charge in [-0.05, 0) is 44.0 Å². The van der Waals surface area contributed by atoms with Crippen molar-refractivity contribution in [3.8, 4) is 0 Å². The van der Waals surface area contributed by atoms with Gasteiger partial charge in [-0.15, -0.1) is 0 Å². The molecular formula is C16H20F4N2O. The lowest BCUT2D eigenvalue weighted by atomic mass is 9.91. The van der Waals surface area contributed by atoms with E-state index < -0.39 is 24.5 Å². The van der Waals surface area contributed by atoms with Crippen LogP contribution in [0.15, 0.2) is 24.3 Å². The van der Waals surface area contributed by atoms with Crippen molar-refractivity contribution in [3.63, 3.8) is 0 Å². The lowest BCUT2D eigenvalue weighted by molar-refractivity contribution is -0.144. The van der Waals surface area contributed by atoms with Gasteiger partial charge < -0.3 is 10.6 Å². The van der Waals surface area contributed by atoms with Crippen LogP contribution in [0.1, 0.15) is 37.8 Å². The van der Waals surface area contributed by atoms with Crippen LogP contribution in [-0.4, -0.2) is 24.7 Å². The first-order chi connectivity index (χ1) is 10.7. The standard InChI is InChI=1S/C16H20F4N2O/c1-10-8-12(6-7-21-10)15(23)22-14(9-16(18,19)20)11-2-4-13(17)5-3-11/h2-5,10,12,14,21H,6-9H2,1H3,(H,22,23)/t10-,12-,14?/m0/s1. The Balaban J connectivity index is 2.10. The van der Waals surface area contributed by atoms with E-state index in [9.17, 15) is 22.4 Å². The summed E-state index contributed by atoms with van der Waals surface area (Å²) in [6.45, 7) is 2.60. The molecule has 0 saturated carbocycles. The van der Waals surface area contributed by atoms with Gasteiger partial charge >= 0.3 is 6.18 Å². The van der Waals surface area contributed by atoms with E-state index in [-0.39, 0.29) is 23.4 Å². The fourth-order valence-electron chi connectivity index (χ4n) is 2.84. The maximum absolute atomic E-state index is 13.0. The molecule has 3 nitrogen and oxygen atoms in total. The van der Waals surface area contributed by atoms with Gasteiger partial charge in [0.05, 0.1) is 12.5 Å².